The number of aliphatic hydroxyl groups is 1. The number of aryl methyl sites for hydroxylation is 2. The van der Waals surface area contributed by atoms with Crippen LogP contribution in [0.1, 0.15) is 38.9 Å². The topological polar surface area (TPSA) is 92.9 Å². The number of H-pyrrole nitrogens is 1. The van der Waals surface area contributed by atoms with Crippen molar-refractivity contribution in [1.29, 1.82) is 0 Å². The Morgan fingerprint density at radius 1 is 1.14 bits per heavy atom. The van der Waals surface area contributed by atoms with Crippen LogP contribution in [0.5, 0.6) is 0 Å². The minimum atomic E-state index is -0.313. The largest absolute Gasteiger partial charge is 0.396 e. The van der Waals surface area contributed by atoms with Crippen molar-refractivity contribution in [2.24, 2.45) is 0 Å². The molecule has 0 aliphatic heterocycles. The third-order valence-electron chi connectivity index (χ3n) is 3.38. The number of nitrogens with zero attached hydrogens (tertiary/aromatic N) is 3. The second kappa shape index (κ2) is 6.71. The van der Waals surface area contributed by atoms with E-state index in [4.69, 9.17) is 5.11 Å². The van der Waals surface area contributed by atoms with Gasteiger partial charge < -0.3 is 10.1 Å². The molecular weight excluding hydrogens is 272 g/mol. The normalized spacial score (nSPS) is 11.4. The lowest BCUT2D eigenvalue weighted by Crippen LogP contribution is -2.40. The molecular formula is C14H22N4O3. The molecule has 2 N–H and O–H groups in total. The summed E-state index contributed by atoms with van der Waals surface area (Å²) in [4.78, 5) is 32.2. The Morgan fingerprint density at radius 3 is 2.43 bits per heavy atom. The third-order valence-corrected chi connectivity index (χ3v) is 3.38. The summed E-state index contributed by atoms with van der Waals surface area (Å²) in [6, 6.07) is 0. The fraction of sp³-hybridized carbons (Fsp3) is 0.643. The predicted molar refractivity (Wildman–Crippen MR) is 80.6 cm³/mol. The molecule has 0 saturated heterocycles. The van der Waals surface area contributed by atoms with E-state index in [0.717, 1.165) is 12.8 Å². The van der Waals surface area contributed by atoms with Gasteiger partial charge in [0.25, 0.3) is 5.56 Å². The van der Waals surface area contributed by atoms with Crippen molar-refractivity contribution in [2.75, 3.05) is 6.61 Å². The summed E-state index contributed by atoms with van der Waals surface area (Å²) in [6.07, 6.45) is 2.64. The second-order valence-corrected chi connectivity index (χ2v) is 5.10. The fourth-order valence-electron chi connectivity index (χ4n) is 2.43. The van der Waals surface area contributed by atoms with Gasteiger partial charge in [0.05, 0.1) is 0 Å². The molecule has 2 heterocycles. The maximum atomic E-state index is 12.4. The summed E-state index contributed by atoms with van der Waals surface area (Å²) in [5.74, 6) is 0.634. The van der Waals surface area contributed by atoms with E-state index in [9.17, 15) is 9.59 Å². The van der Waals surface area contributed by atoms with Crippen molar-refractivity contribution < 1.29 is 5.11 Å². The number of rotatable bonds is 7. The molecule has 21 heavy (non-hydrogen) atoms. The van der Waals surface area contributed by atoms with Crippen molar-refractivity contribution in [3.05, 3.63) is 26.7 Å². The van der Waals surface area contributed by atoms with Crippen molar-refractivity contribution in [1.82, 2.24) is 19.1 Å². The molecule has 7 heteroatoms. The van der Waals surface area contributed by atoms with E-state index in [1.807, 2.05) is 13.8 Å². The molecule has 0 radical (unpaired) electrons. The molecule has 0 unspecified atom stereocenters. The lowest BCUT2D eigenvalue weighted by Gasteiger charge is -2.09. The Bertz CT molecular complexity index is 726. The highest BCUT2D eigenvalue weighted by Crippen LogP contribution is 2.08. The molecule has 0 atom stereocenters. The fourth-order valence-corrected chi connectivity index (χ4v) is 2.43. The van der Waals surface area contributed by atoms with E-state index in [1.165, 1.54) is 4.57 Å². The molecule has 2 rings (SSSR count). The van der Waals surface area contributed by atoms with Gasteiger partial charge in [-0.25, -0.2) is 9.78 Å². The third kappa shape index (κ3) is 2.92. The van der Waals surface area contributed by atoms with Gasteiger partial charge in [-0.3, -0.25) is 13.9 Å². The van der Waals surface area contributed by atoms with E-state index in [0.29, 0.717) is 42.9 Å². The molecule has 0 aliphatic carbocycles. The Morgan fingerprint density at radius 2 is 1.81 bits per heavy atom. The zero-order chi connectivity index (χ0) is 15.4. The first-order valence-electron chi connectivity index (χ1n) is 7.47. The summed E-state index contributed by atoms with van der Waals surface area (Å²) in [5.41, 5.74) is 0.194. The molecule has 0 aliphatic rings. The molecule has 116 valence electrons. The molecule has 0 fully saturated rings. The van der Waals surface area contributed by atoms with Crippen LogP contribution in [-0.2, 0) is 19.5 Å². The standard InChI is InChI=1S/C14H22N4O3/c1-3-7-17-12-11(15-10(16-12)6-5-9-19)13(20)18(8-4-2)14(17)21/h19H,3-9H2,1-2H3,(H,15,16). The average molecular weight is 294 g/mol. The maximum Gasteiger partial charge on any atom is 0.332 e. The van der Waals surface area contributed by atoms with Gasteiger partial charge in [0.1, 0.15) is 11.3 Å². The molecule has 2 aromatic rings. The Kier molecular flexibility index (Phi) is 4.95. The highest BCUT2D eigenvalue weighted by atomic mass is 16.3. The maximum absolute atomic E-state index is 12.4. The van der Waals surface area contributed by atoms with E-state index < -0.39 is 0 Å². The number of aliphatic hydroxyl groups excluding tert-OH is 1. The number of imidazole rings is 1. The Hall–Kier alpha value is -1.89. The lowest BCUT2D eigenvalue weighted by molar-refractivity contribution is 0.287. The minimum Gasteiger partial charge on any atom is -0.396 e. The van der Waals surface area contributed by atoms with Crippen molar-refractivity contribution in [3.63, 3.8) is 0 Å². The van der Waals surface area contributed by atoms with Crippen molar-refractivity contribution in [2.45, 2.75) is 52.6 Å². The average Bonchev–Trinajstić information content (AvgIpc) is 2.90. The Labute approximate surface area is 122 Å². The zero-order valence-corrected chi connectivity index (χ0v) is 12.6. The van der Waals surface area contributed by atoms with E-state index in [-0.39, 0.29) is 17.9 Å². The van der Waals surface area contributed by atoms with Crippen LogP contribution in [0.4, 0.5) is 0 Å². The molecule has 0 saturated carbocycles. The first-order chi connectivity index (χ1) is 10.1. The van der Waals surface area contributed by atoms with Gasteiger partial charge in [0.15, 0.2) is 5.65 Å². The van der Waals surface area contributed by atoms with Gasteiger partial charge >= 0.3 is 5.69 Å². The monoisotopic (exact) mass is 294 g/mol. The molecule has 0 bridgehead atoms. The summed E-state index contributed by atoms with van der Waals surface area (Å²) in [7, 11) is 0. The molecule has 7 nitrogen and oxygen atoms in total. The highest BCUT2D eigenvalue weighted by Gasteiger charge is 2.16. The van der Waals surface area contributed by atoms with Gasteiger partial charge in [-0.05, 0) is 19.3 Å². The van der Waals surface area contributed by atoms with Crippen molar-refractivity contribution >= 4 is 11.2 Å². The van der Waals surface area contributed by atoms with Crippen molar-refractivity contribution in [3.8, 4) is 0 Å². The Balaban J connectivity index is 2.67. The number of aromatic amines is 1. The van der Waals surface area contributed by atoms with Crippen LogP contribution < -0.4 is 11.2 Å². The first kappa shape index (κ1) is 15.5. The number of fused-ring (bicyclic) bond motifs is 1. The zero-order valence-electron chi connectivity index (χ0n) is 12.6. The summed E-state index contributed by atoms with van der Waals surface area (Å²) < 4.78 is 2.83. The smallest absolute Gasteiger partial charge is 0.332 e. The van der Waals surface area contributed by atoms with E-state index >= 15 is 0 Å². The SMILES string of the molecule is CCCn1c(=O)c2[nH]c(CCCO)nc2n(CCC)c1=O. The molecule has 0 amide bonds. The molecule has 2 aromatic heterocycles. The minimum absolute atomic E-state index is 0.0683. The number of hydrogen-bond acceptors (Lipinski definition) is 4. The van der Waals surface area contributed by atoms with Crippen LogP contribution in [0.3, 0.4) is 0 Å². The molecule has 0 spiro atoms. The van der Waals surface area contributed by atoms with Crippen LogP contribution in [-0.4, -0.2) is 30.8 Å². The van der Waals surface area contributed by atoms with Gasteiger partial charge in [-0.15, -0.1) is 0 Å². The van der Waals surface area contributed by atoms with E-state index in [1.54, 1.807) is 4.57 Å². The first-order valence-corrected chi connectivity index (χ1v) is 7.47. The van der Waals surface area contributed by atoms with Crippen LogP contribution in [0.15, 0.2) is 9.59 Å². The summed E-state index contributed by atoms with van der Waals surface area (Å²) >= 11 is 0. The van der Waals surface area contributed by atoms with Crippen LogP contribution in [0.25, 0.3) is 11.2 Å². The number of nitrogens with one attached hydrogen (secondary N) is 1. The quantitative estimate of drug-likeness (QED) is 0.783. The predicted octanol–water partition coefficient (Wildman–Crippen LogP) is 0.631. The van der Waals surface area contributed by atoms with Gasteiger partial charge in [0, 0.05) is 26.1 Å². The number of aromatic nitrogens is 4. The van der Waals surface area contributed by atoms with E-state index in [2.05, 4.69) is 9.97 Å². The summed E-state index contributed by atoms with van der Waals surface area (Å²) in [6.45, 7) is 4.91. The van der Waals surface area contributed by atoms with Gasteiger partial charge in [-0.2, -0.15) is 0 Å². The highest BCUT2D eigenvalue weighted by molar-refractivity contribution is 5.69. The lowest BCUT2D eigenvalue weighted by atomic mass is 10.3. The molecule has 0 aromatic carbocycles. The second-order valence-electron chi connectivity index (χ2n) is 5.10. The van der Waals surface area contributed by atoms with Crippen LogP contribution >= 0.6 is 0 Å². The van der Waals surface area contributed by atoms with Gasteiger partial charge in [0.2, 0.25) is 0 Å². The van der Waals surface area contributed by atoms with Gasteiger partial charge in [-0.1, -0.05) is 13.8 Å². The van der Waals surface area contributed by atoms with Crippen LogP contribution in [0, 0.1) is 0 Å². The van der Waals surface area contributed by atoms with Crippen LogP contribution in [0.2, 0.25) is 0 Å². The number of hydrogen-bond donors (Lipinski definition) is 2. The summed E-state index contributed by atoms with van der Waals surface area (Å²) in [5, 5.41) is 8.89.